The second-order valence-electron chi connectivity index (χ2n) is 5.98. The van der Waals surface area contributed by atoms with Gasteiger partial charge in [-0.1, -0.05) is 68.3 Å². The molecule has 0 aromatic heterocycles. The average Bonchev–Trinajstić information content (AvgIpc) is 2.64. The Hall–Kier alpha value is -2.04. The molecule has 0 fully saturated rings. The van der Waals surface area contributed by atoms with E-state index in [1.54, 1.807) is 12.2 Å². The molecule has 0 radical (unpaired) electrons. The summed E-state index contributed by atoms with van der Waals surface area (Å²) >= 11 is 6.79. The Morgan fingerprint density at radius 1 is 0.615 bits per heavy atom. The molecule has 0 spiro atoms. The number of carbonyl (C=O) groups excluding carboxylic acids is 2. The third kappa shape index (κ3) is 4.77. The number of carbonyl (C=O) groups is 2. The minimum Gasteiger partial charge on any atom is -0.285 e. The summed E-state index contributed by atoms with van der Waals surface area (Å²) in [6.45, 7) is 0. The highest BCUT2D eigenvalue weighted by Crippen LogP contribution is 2.22. The molecule has 26 heavy (non-hydrogen) atoms. The molecule has 0 atom stereocenters. The number of hydrogen-bond acceptors (Lipinski definition) is 2. The van der Waals surface area contributed by atoms with E-state index in [4.69, 9.17) is 0 Å². The lowest BCUT2D eigenvalue weighted by Gasteiger charge is -2.10. The van der Waals surface area contributed by atoms with Crippen molar-refractivity contribution in [1.82, 2.24) is 0 Å². The van der Waals surface area contributed by atoms with Gasteiger partial charge >= 0.3 is 0 Å². The van der Waals surface area contributed by atoms with Gasteiger partial charge < -0.3 is 0 Å². The van der Waals surface area contributed by atoms with Crippen LogP contribution in [-0.4, -0.2) is 11.6 Å². The highest BCUT2D eigenvalue weighted by Gasteiger charge is 2.23. The predicted octanol–water partition coefficient (Wildman–Crippen LogP) is 6.17. The number of benzene rings is 2. The molecule has 0 bridgehead atoms. The zero-order valence-corrected chi connectivity index (χ0v) is 17.1. The fourth-order valence-corrected chi connectivity index (χ4v) is 3.20. The predicted molar refractivity (Wildman–Crippen MR) is 113 cm³/mol. The molecule has 0 aliphatic heterocycles. The third-order valence-corrected chi connectivity index (χ3v) is 5.11. The second kappa shape index (κ2) is 8.56. The lowest BCUT2D eigenvalue weighted by atomic mass is 9.92. The number of hydrogen-bond donors (Lipinski definition) is 0. The van der Waals surface area contributed by atoms with Crippen molar-refractivity contribution >= 4 is 55.6 Å². The minimum atomic E-state index is -0.430. The van der Waals surface area contributed by atoms with Crippen LogP contribution >= 0.6 is 31.9 Å². The number of ketones is 2. The summed E-state index contributed by atoms with van der Waals surface area (Å²) in [7, 11) is 0. The highest BCUT2D eigenvalue weighted by atomic mass is 79.9. The van der Waals surface area contributed by atoms with Crippen molar-refractivity contribution in [3.05, 3.63) is 91.9 Å². The first kappa shape index (κ1) is 18.7. The van der Waals surface area contributed by atoms with E-state index in [0.29, 0.717) is 24.0 Å². The van der Waals surface area contributed by atoms with Crippen LogP contribution in [-0.2, 0) is 9.59 Å². The molecular weight excluding hydrogens is 456 g/mol. The van der Waals surface area contributed by atoms with Crippen molar-refractivity contribution in [3.63, 3.8) is 0 Å². The summed E-state index contributed by atoms with van der Waals surface area (Å²) in [6, 6.07) is 15.3. The van der Waals surface area contributed by atoms with Crippen LogP contribution in [0.3, 0.4) is 0 Å². The topological polar surface area (TPSA) is 34.1 Å². The van der Waals surface area contributed by atoms with Crippen molar-refractivity contribution < 1.29 is 9.59 Å². The summed E-state index contributed by atoms with van der Waals surface area (Å²) in [5.74, 6) is -0.860. The Kier molecular flexibility index (Phi) is 6.17. The third-order valence-electron chi connectivity index (χ3n) is 4.05. The number of allylic oxidation sites excluding steroid dienone is 4. The number of halogens is 2. The maximum Gasteiger partial charge on any atom is 0.229 e. The molecule has 0 unspecified atom stereocenters. The first-order chi connectivity index (χ1) is 12.5. The van der Waals surface area contributed by atoms with Crippen molar-refractivity contribution in [1.29, 1.82) is 0 Å². The first-order valence-electron chi connectivity index (χ1n) is 8.19. The minimum absolute atomic E-state index is 0.430. The van der Waals surface area contributed by atoms with Gasteiger partial charge in [0.1, 0.15) is 0 Å². The standard InChI is InChI=1S/C22H16Br2O2/c23-19-9-5-15(6-10-19)13-17-3-1-2-4-18(22(26)21(17)25)14-16-7-11-20(24)12-8-16/h1-2,5-14H,3-4H2/b2-1-,17-13+,18-14+. The Morgan fingerprint density at radius 3 is 1.31 bits per heavy atom. The maximum atomic E-state index is 12.7. The van der Waals surface area contributed by atoms with Crippen LogP contribution < -0.4 is 0 Å². The Bertz CT molecular complexity index is 840. The van der Waals surface area contributed by atoms with Crippen LogP contribution in [0.25, 0.3) is 12.2 Å². The normalized spacial score (nSPS) is 19.5. The van der Waals surface area contributed by atoms with Gasteiger partial charge in [-0.25, -0.2) is 0 Å². The van der Waals surface area contributed by atoms with Crippen LogP contribution in [0.2, 0.25) is 0 Å². The van der Waals surface area contributed by atoms with Crippen LogP contribution in [0.5, 0.6) is 0 Å². The molecular formula is C22H16Br2O2. The van der Waals surface area contributed by atoms with Gasteiger partial charge in [0, 0.05) is 20.1 Å². The summed E-state index contributed by atoms with van der Waals surface area (Å²) in [6.07, 6.45) is 8.41. The van der Waals surface area contributed by atoms with Crippen LogP contribution in [0, 0.1) is 0 Å². The molecule has 2 nitrogen and oxygen atoms in total. The molecule has 1 aliphatic carbocycles. The van der Waals surface area contributed by atoms with Gasteiger partial charge in [0.15, 0.2) is 0 Å². The van der Waals surface area contributed by atoms with Gasteiger partial charge in [0.2, 0.25) is 11.6 Å². The summed E-state index contributed by atoms with van der Waals surface area (Å²) in [4.78, 5) is 25.4. The first-order valence-corrected chi connectivity index (χ1v) is 9.78. The number of rotatable bonds is 2. The molecule has 4 heteroatoms. The molecule has 130 valence electrons. The maximum absolute atomic E-state index is 12.7. The Morgan fingerprint density at radius 2 is 0.962 bits per heavy atom. The Labute approximate surface area is 169 Å². The van der Waals surface area contributed by atoms with E-state index in [1.807, 2.05) is 60.7 Å². The molecule has 1 aliphatic rings. The molecule has 0 N–H and O–H groups in total. The van der Waals surface area contributed by atoms with Crippen molar-refractivity contribution in [2.75, 3.05) is 0 Å². The monoisotopic (exact) mass is 470 g/mol. The van der Waals surface area contributed by atoms with Crippen LogP contribution in [0.4, 0.5) is 0 Å². The molecule has 3 rings (SSSR count). The van der Waals surface area contributed by atoms with E-state index >= 15 is 0 Å². The quantitative estimate of drug-likeness (QED) is 0.298. The zero-order valence-electron chi connectivity index (χ0n) is 13.9. The highest BCUT2D eigenvalue weighted by molar-refractivity contribution is 9.10. The van der Waals surface area contributed by atoms with Gasteiger partial charge in [-0.15, -0.1) is 0 Å². The number of Topliss-reactive ketones (excluding diaryl/α,β-unsaturated/α-hetero) is 2. The molecule has 0 heterocycles. The van der Waals surface area contributed by atoms with E-state index in [0.717, 1.165) is 20.1 Å². The van der Waals surface area contributed by atoms with E-state index in [1.165, 1.54) is 0 Å². The van der Waals surface area contributed by atoms with Gasteiger partial charge in [-0.3, -0.25) is 9.59 Å². The van der Waals surface area contributed by atoms with Gasteiger partial charge in [-0.2, -0.15) is 0 Å². The van der Waals surface area contributed by atoms with Crippen LogP contribution in [0.1, 0.15) is 24.0 Å². The fourth-order valence-electron chi connectivity index (χ4n) is 2.67. The molecule has 0 saturated heterocycles. The van der Waals surface area contributed by atoms with E-state index < -0.39 is 11.6 Å². The van der Waals surface area contributed by atoms with E-state index in [9.17, 15) is 9.59 Å². The molecule has 2 aromatic carbocycles. The lowest BCUT2D eigenvalue weighted by molar-refractivity contribution is -0.132. The fraction of sp³-hybridized carbons (Fsp3) is 0.0909. The Balaban J connectivity index is 1.91. The summed E-state index contributed by atoms with van der Waals surface area (Å²) in [5.41, 5.74) is 2.82. The smallest absolute Gasteiger partial charge is 0.229 e. The molecule has 0 amide bonds. The largest absolute Gasteiger partial charge is 0.285 e. The molecule has 2 aromatic rings. The van der Waals surface area contributed by atoms with Crippen LogP contribution in [0.15, 0.2) is 80.8 Å². The summed E-state index contributed by atoms with van der Waals surface area (Å²) in [5, 5.41) is 0. The van der Waals surface area contributed by atoms with Gasteiger partial charge in [0.25, 0.3) is 0 Å². The lowest BCUT2D eigenvalue weighted by Crippen LogP contribution is -2.19. The van der Waals surface area contributed by atoms with Gasteiger partial charge in [0.05, 0.1) is 0 Å². The zero-order chi connectivity index (χ0) is 18.5. The van der Waals surface area contributed by atoms with Crippen molar-refractivity contribution in [2.24, 2.45) is 0 Å². The van der Waals surface area contributed by atoms with E-state index in [-0.39, 0.29) is 0 Å². The van der Waals surface area contributed by atoms with Gasteiger partial charge in [-0.05, 0) is 60.4 Å². The summed E-state index contributed by atoms with van der Waals surface area (Å²) < 4.78 is 1.94. The van der Waals surface area contributed by atoms with E-state index in [2.05, 4.69) is 31.9 Å². The molecule has 0 saturated carbocycles. The van der Waals surface area contributed by atoms with Crippen molar-refractivity contribution in [2.45, 2.75) is 12.8 Å². The second-order valence-corrected chi connectivity index (χ2v) is 7.81. The average molecular weight is 472 g/mol. The van der Waals surface area contributed by atoms with Crippen molar-refractivity contribution in [3.8, 4) is 0 Å². The SMILES string of the molecule is O=C1C(=O)/C(=C/c2ccc(Br)cc2)C/C=C\C/C1=C\c1ccc(Br)cc1.